The molecule has 0 atom stereocenters. The molecule has 0 aliphatic heterocycles. The molecule has 4 heteroatoms. The summed E-state index contributed by atoms with van der Waals surface area (Å²) in [5.41, 5.74) is 2.73. The summed E-state index contributed by atoms with van der Waals surface area (Å²) < 4.78 is 11.4. The average molecular weight is 341 g/mol. The summed E-state index contributed by atoms with van der Waals surface area (Å²) in [7, 11) is 0. The zero-order valence-electron chi connectivity index (χ0n) is 14.1. The first-order valence-corrected chi connectivity index (χ1v) is 8.41. The van der Waals surface area contributed by atoms with Crippen LogP contribution in [0.15, 0.2) is 80.4 Å². The van der Waals surface area contributed by atoms with Crippen molar-refractivity contribution in [3.63, 3.8) is 0 Å². The van der Waals surface area contributed by atoms with Gasteiger partial charge in [-0.2, -0.15) is 0 Å². The summed E-state index contributed by atoms with van der Waals surface area (Å²) in [6.45, 7) is 1.90. The molecular weight excluding hydrogens is 326 g/mol. The molecule has 0 radical (unpaired) electrons. The highest BCUT2D eigenvalue weighted by Gasteiger charge is 2.12. The molecule has 0 aliphatic carbocycles. The van der Waals surface area contributed by atoms with Crippen LogP contribution in [0.1, 0.15) is 5.56 Å². The number of hydrogen-bond acceptors (Lipinski definition) is 4. The minimum absolute atomic E-state index is 0.354. The predicted octanol–water partition coefficient (Wildman–Crippen LogP) is 5.74. The first-order valence-electron chi connectivity index (χ1n) is 8.41. The second-order valence-corrected chi connectivity index (χ2v) is 6.36. The fourth-order valence-electron chi connectivity index (χ4n) is 3.42. The molecule has 0 fully saturated rings. The number of benzene rings is 3. The molecule has 0 amide bonds. The van der Waals surface area contributed by atoms with Crippen molar-refractivity contribution < 1.29 is 8.83 Å². The SMILES string of the molecule is Cc1cc(=O)oc2c1ccc1oc(Nc3cccc4ccccc34)cc12. The molecule has 1 N–H and O–H groups in total. The fourth-order valence-corrected chi connectivity index (χ4v) is 3.42. The van der Waals surface area contributed by atoms with Crippen molar-refractivity contribution in [1.82, 2.24) is 0 Å². The zero-order valence-corrected chi connectivity index (χ0v) is 14.1. The highest BCUT2D eigenvalue weighted by molar-refractivity contribution is 6.04. The van der Waals surface area contributed by atoms with Gasteiger partial charge in [-0.05, 0) is 36.1 Å². The molecule has 0 bridgehead atoms. The third-order valence-electron chi connectivity index (χ3n) is 4.66. The van der Waals surface area contributed by atoms with Gasteiger partial charge in [0.25, 0.3) is 0 Å². The lowest BCUT2D eigenvalue weighted by molar-refractivity contribution is 0.562. The van der Waals surface area contributed by atoms with Gasteiger partial charge in [-0.15, -0.1) is 0 Å². The van der Waals surface area contributed by atoms with Crippen LogP contribution in [0.3, 0.4) is 0 Å². The van der Waals surface area contributed by atoms with Crippen LogP contribution >= 0.6 is 0 Å². The second-order valence-electron chi connectivity index (χ2n) is 6.36. The number of hydrogen-bond donors (Lipinski definition) is 1. The van der Waals surface area contributed by atoms with Crippen LogP contribution in [0.4, 0.5) is 11.6 Å². The molecule has 0 unspecified atom stereocenters. The molecule has 0 spiro atoms. The van der Waals surface area contributed by atoms with Crippen molar-refractivity contribution in [3.05, 3.63) is 82.7 Å². The van der Waals surface area contributed by atoms with Gasteiger partial charge >= 0.3 is 5.63 Å². The standard InChI is InChI=1S/C22H15NO3/c1-13-11-21(24)26-22-15(13)9-10-19-17(22)12-20(25-19)23-18-8-4-6-14-5-2-3-7-16(14)18/h2-12,23H,1H3. The van der Waals surface area contributed by atoms with E-state index in [1.54, 1.807) is 0 Å². The van der Waals surface area contributed by atoms with E-state index in [9.17, 15) is 4.79 Å². The molecule has 0 saturated carbocycles. The lowest BCUT2D eigenvalue weighted by Crippen LogP contribution is -1.97. The van der Waals surface area contributed by atoms with Crippen LogP contribution in [0.2, 0.25) is 0 Å². The number of anilines is 2. The summed E-state index contributed by atoms with van der Waals surface area (Å²) in [5, 5.41) is 7.31. The number of furan rings is 1. The van der Waals surface area contributed by atoms with Gasteiger partial charge in [-0.1, -0.05) is 36.4 Å². The zero-order chi connectivity index (χ0) is 17.7. The van der Waals surface area contributed by atoms with E-state index in [0.717, 1.165) is 32.8 Å². The van der Waals surface area contributed by atoms with Crippen molar-refractivity contribution in [2.24, 2.45) is 0 Å². The Morgan fingerprint density at radius 1 is 0.808 bits per heavy atom. The largest absolute Gasteiger partial charge is 0.440 e. The third kappa shape index (κ3) is 2.27. The Balaban J connectivity index is 1.68. The molecule has 2 aromatic heterocycles. The minimum atomic E-state index is -0.354. The van der Waals surface area contributed by atoms with E-state index in [4.69, 9.17) is 8.83 Å². The molecule has 4 nitrogen and oxygen atoms in total. The van der Waals surface area contributed by atoms with Gasteiger partial charge in [-0.3, -0.25) is 0 Å². The van der Waals surface area contributed by atoms with E-state index in [-0.39, 0.29) is 5.63 Å². The van der Waals surface area contributed by atoms with Crippen LogP contribution in [-0.2, 0) is 0 Å². The number of fused-ring (bicyclic) bond motifs is 4. The van der Waals surface area contributed by atoms with E-state index in [0.29, 0.717) is 17.1 Å². The lowest BCUT2D eigenvalue weighted by Gasteiger charge is -2.06. The molecule has 0 saturated heterocycles. The Hall–Kier alpha value is -3.53. The van der Waals surface area contributed by atoms with Gasteiger partial charge in [0.2, 0.25) is 0 Å². The molecule has 2 heterocycles. The highest BCUT2D eigenvalue weighted by atomic mass is 16.4. The quantitative estimate of drug-likeness (QED) is 0.416. The minimum Gasteiger partial charge on any atom is -0.440 e. The van der Waals surface area contributed by atoms with Gasteiger partial charge in [0.15, 0.2) is 5.88 Å². The van der Waals surface area contributed by atoms with Crippen molar-refractivity contribution in [2.45, 2.75) is 6.92 Å². The van der Waals surface area contributed by atoms with E-state index in [1.165, 1.54) is 6.07 Å². The Morgan fingerprint density at radius 3 is 2.58 bits per heavy atom. The topological polar surface area (TPSA) is 55.4 Å². The van der Waals surface area contributed by atoms with E-state index < -0.39 is 0 Å². The van der Waals surface area contributed by atoms with Crippen LogP contribution < -0.4 is 10.9 Å². The third-order valence-corrected chi connectivity index (χ3v) is 4.66. The summed E-state index contributed by atoms with van der Waals surface area (Å²) >= 11 is 0. The molecule has 5 aromatic rings. The second kappa shape index (κ2) is 5.49. The molecule has 3 aromatic carbocycles. The number of rotatable bonds is 2. The molecule has 5 rings (SSSR count). The van der Waals surface area contributed by atoms with Gasteiger partial charge in [0.05, 0.1) is 5.39 Å². The number of nitrogens with one attached hydrogen (secondary N) is 1. The van der Waals surface area contributed by atoms with Crippen molar-refractivity contribution in [1.29, 1.82) is 0 Å². The van der Waals surface area contributed by atoms with Gasteiger partial charge in [-0.25, -0.2) is 4.79 Å². The smallest absolute Gasteiger partial charge is 0.336 e. The molecular formula is C22H15NO3. The van der Waals surface area contributed by atoms with Crippen molar-refractivity contribution >= 4 is 44.3 Å². The van der Waals surface area contributed by atoms with Crippen LogP contribution in [0, 0.1) is 6.92 Å². The summed E-state index contributed by atoms with van der Waals surface area (Å²) in [5.74, 6) is 0.605. The lowest BCUT2D eigenvalue weighted by atomic mass is 10.1. The van der Waals surface area contributed by atoms with Gasteiger partial charge in [0.1, 0.15) is 11.2 Å². The molecule has 0 aliphatic rings. The van der Waals surface area contributed by atoms with E-state index in [1.807, 2.05) is 49.4 Å². The van der Waals surface area contributed by atoms with Crippen LogP contribution in [0.5, 0.6) is 0 Å². The first-order chi connectivity index (χ1) is 12.7. The maximum Gasteiger partial charge on any atom is 0.336 e. The Morgan fingerprint density at radius 2 is 1.65 bits per heavy atom. The van der Waals surface area contributed by atoms with Crippen molar-refractivity contribution in [3.8, 4) is 0 Å². The van der Waals surface area contributed by atoms with E-state index >= 15 is 0 Å². The van der Waals surface area contributed by atoms with Crippen molar-refractivity contribution in [2.75, 3.05) is 5.32 Å². The summed E-state index contributed by atoms with van der Waals surface area (Å²) in [4.78, 5) is 11.8. The monoisotopic (exact) mass is 341 g/mol. The molecule has 26 heavy (non-hydrogen) atoms. The Kier molecular flexibility index (Phi) is 3.12. The van der Waals surface area contributed by atoms with Gasteiger partial charge < -0.3 is 14.2 Å². The average Bonchev–Trinajstić information content (AvgIpc) is 3.05. The Bertz CT molecular complexity index is 1340. The normalized spacial score (nSPS) is 11.4. The molecule has 126 valence electrons. The summed E-state index contributed by atoms with van der Waals surface area (Å²) in [6.07, 6.45) is 0. The van der Waals surface area contributed by atoms with Gasteiger partial charge in [0, 0.05) is 28.6 Å². The summed E-state index contributed by atoms with van der Waals surface area (Å²) in [6, 6.07) is 21.5. The highest BCUT2D eigenvalue weighted by Crippen LogP contribution is 2.33. The van der Waals surface area contributed by atoms with Crippen LogP contribution in [0.25, 0.3) is 32.7 Å². The Labute approximate surface area is 148 Å². The maximum atomic E-state index is 11.8. The van der Waals surface area contributed by atoms with Crippen LogP contribution in [-0.4, -0.2) is 0 Å². The van der Waals surface area contributed by atoms with E-state index in [2.05, 4.69) is 23.5 Å². The fraction of sp³-hybridized carbons (Fsp3) is 0.0455. The first kappa shape index (κ1) is 14.8. The predicted molar refractivity (Wildman–Crippen MR) is 104 cm³/mol. The number of aryl methyl sites for hydroxylation is 1. The maximum absolute atomic E-state index is 11.8.